The Morgan fingerprint density at radius 1 is 1.27 bits per heavy atom. The van der Waals surface area contributed by atoms with E-state index in [1.165, 1.54) is 6.07 Å². The van der Waals surface area contributed by atoms with Gasteiger partial charge in [0.15, 0.2) is 5.82 Å². The Labute approximate surface area is 155 Å². The molecule has 2 aromatic heterocycles. The third-order valence-corrected chi connectivity index (χ3v) is 4.98. The number of hydrogen-bond acceptors (Lipinski definition) is 6. The molecular weight excluding hydrogens is 352 g/mol. The molecule has 7 heteroatoms. The summed E-state index contributed by atoms with van der Waals surface area (Å²) >= 11 is 6.01. The molecule has 4 rings (SSSR count). The minimum atomic E-state index is -0.620. The topological polar surface area (TPSA) is 91.2 Å². The SMILES string of the molecule is Cc1cc(Cl)cc(O)c1-c1nnc(NC2CC(C)(O)C2)c2cccnc12. The molecular formula is C19H19ClN4O2. The fraction of sp³-hybridized carbons (Fsp3) is 0.316. The first kappa shape index (κ1) is 17.0. The number of aryl methyl sites for hydroxylation is 1. The number of benzene rings is 1. The van der Waals surface area contributed by atoms with Crippen molar-refractivity contribution in [2.45, 2.75) is 38.3 Å². The van der Waals surface area contributed by atoms with Crippen LogP contribution in [-0.4, -0.2) is 37.0 Å². The van der Waals surface area contributed by atoms with E-state index in [-0.39, 0.29) is 11.8 Å². The monoisotopic (exact) mass is 370 g/mol. The van der Waals surface area contributed by atoms with Crippen LogP contribution in [0.2, 0.25) is 5.02 Å². The lowest BCUT2D eigenvalue weighted by molar-refractivity contribution is -0.0235. The molecule has 0 saturated heterocycles. The van der Waals surface area contributed by atoms with Gasteiger partial charge in [0.25, 0.3) is 0 Å². The van der Waals surface area contributed by atoms with Crippen LogP contribution in [-0.2, 0) is 0 Å². The summed E-state index contributed by atoms with van der Waals surface area (Å²) in [5, 5.41) is 33.6. The van der Waals surface area contributed by atoms with E-state index in [9.17, 15) is 10.2 Å². The first-order valence-corrected chi connectivity index (χ1v) is 8.82. The lowest BCUT2D eigenvalue weighted by atomic mass is 9.77. The molecule has 1 aliphatic carbocycles. The number of nitrogens with one attached hydrogen (secondary N) is 1. The molecule has 1 fully saturated rings. The molecule has 0 radical (unpaired) electrons. The second-order valence-corrected chi connectivity index (χ2v) is 7.60. The molecule has 0 unspecified atom stereocenters. The van der Waals surface area contributed by atoms with Crippen molar-refractivity contribution >= 4 is 28.3 Å². The predicted molar refractivity (Wildman–Crippen MR) is 101 cm³/mol. The fourth-order valence-electron chi connectivity index (χ4n) is 3.59. The molecule has 0 atom stereocenters. The Kier molecular flexibility index (Phi) is 3.97. The Balaban J connectivity index is 1.81. The van der Waals surface area contributed by atoms with Crippen LogP contribution in [0.15, 0.2) is 30.5 Å². The molecule has 0 aliphatic heterocycles. The molecule has 3 aromatic rings. The molecule has 1 aliphatic rings. The highest BCUT2D eigenvalue weighted by Crippen LogP contribution is 2.39. The molecule has 6 nitrogen and oxygen atoms in total. The minimum Gasteiger partial charge on any atom is -0.507 e. The smallest absolute Gasteiger partial charge is 0.158 e. The molecule has 1 saturated carbocycles. The summed E-state index contributed by atoms with van der Waals surface area (Å²) in [4.78, 5) is 4.47. The molecule has 0 amide bonds. The van der Waals surface area contributed by atoms with Crippen molar-refractivity contribution in [3.63, 3.8) is 0 Å². The standard InChI is InChI=1S/C19H19ClN4O2/c1-10-6-11(20)7-14(25)15(10)17-16-13(4-3-5-21-16)18(24-23-17)22-12-8-19(2,26)9-12/h3-7,12,25-26H,8-9H2,1-2H3,(H,22,24). The van der Waals surface area contributed by atoms with Gasteiger partial charge >= 0.3 is 0 Å². The lowest BCUT2D eigenvalue weighted by Gasteiger charge is -2.41. The van der Waals surface area contributed by atoms with Crippen LogP contribution in [0, 0.1) is 6.92 Å². The number of anilines is 1. The van der Waals surface area contributed by atoms with Crippen LogP contribution in [0.1, 0.15) is 25.3 Å². The average molecular weight is 371 g/mol. The predicted octanol–water partition coefficient (Wildman–Crippen LogP) is 3.68. The first-order valence-electron chi connectivity index (χ1n) is 8.44. The van der Waals surface area contributed by atoms with Gasteiger partial charge in [0.2, 0.25) is 0 Å². The number of aliphatic hydroxyl groups is 1. The third-order valence-electron chi connectivity index (χ3n) is 4.77. The Hall–Kier alpha value is -2.44. The lowest BCUT2D eigenvalue weighted by Crippen LogP contribution is -2.48. The van der Waals surface area contributed by atoms with Gasteiger partial charge in [-0.3, -0.25) is 4.98 Å². The summed E-state index contributed by atoms with van der Waals surface area (Å²) in [5.41, 5.74) is 1.91. The second-order valence-electron chi connectivity index (χ2n) is 7.16. The molecule has 134 valence electrons. The Morgan fingerprint density at radius 3 is 2.73 bits per heavy atom. The Bertz CT molecular complexity index is 975. The van der Waals surface area contributed by atoms with Crippen LogP contribution < -0.4 is 5.32 Å². The number of rotatable bonds is 3. The van der Waals surface area contributed by atoms with Gasteiger partial charge in [-0.25, -0.2) is 0 Å². The molecule has 0 spiro atoms. The average Bonchev–Trinajstić information content (AvgIpc) is 2.54. The van der Waals surface area contributed by atoms with E-state index in [4.69, 9.17) is 11.6 Å². The van der Waals surface area contributed by atoms with Gasteiger partial charge in [-0.2, -0.15) is 0 Å². The van der Waals surface area contributed by atoms with E-state index in [2.05, 4.69) is 20.5 Å². The number of aromatic nitrogens is 3. The third kappa shape index (κ3) is 2.95. The summed E-state index contributed by atoms with van der Waals surface area (Å²) < 4.78 is 0. The van der Waals surface area contributed by atoms with Gasteiger partial charge < -0.3 is 15.5 Å². The van der Waals surface area contributed by atoms with E-state index >= 15 is 0 Å². The summed E-state index contributed by atoms with van der Waals surface area (Å²) in [6.07, 6.45) is 3.01. The summed E-state index contributed by atoms with van der Waals surface area (Å²) in [7, 11) is 0. The molecule has 1 aromatic carbocycles. The van der Waals surface area contributed by atoms with Crippen LogP contribution in [0.25, 0.3) is 22.2 Å². The van der Waals surface area contributed by atoms with E-state index in [0.29, 0.717) is 40.5 Å². The van der Waals surface area contributed by atoms with Gasteiger partial charge in [-0.15, -0.1) is 10.2 Å². The highest BCUT2D eigenvalue weighted by atomic mass is 35.5. The maximum atomic E-state index is 10.4. The zero-order valence-electron chi connectivity index (χ0n) is 14.5. The number of phenolic OH excluding ortho intramolecular Hbond substituents is 1. The highest BCUT2D eigenvalue weighted by Gasteiger charge is 2.38. The molecule has 0 bridgehead atoms. The van der Waals surface area contributed by atoms with Crippen LogP contribution in [0.3, 0.4) is 0 Å². The first-order chi connectivity index (χ1) is 12.3. The van der Waals surface area contributed by atoms with Gasteiger partial charge in [0.1, 0.15) is 17.0 Å². The normalized spacial score (nSPS) is 22.2. The van der Waals surface area contributed by atoms with Crippen molar-refractivity contribution < 1.29 is 10.2 Å². The van der Waals surface area contributed by atoms with Crippen LogP contribution in [0.5, 0.6) is 5.75 Å². The highest BCUT2D eigenvalue weighted by molar-refractivity contribution is 6.31. The number of halogens is 1. The van der Waals surface area contributed by atoms with E-state index < -0.39 is 5.60 Å². The number of pyridine rings is 1. The summed E-state index contributed by atoms with van der Waals surface area (Å²) in [6.45, 7) is 3.69. The number of aromatic hydroxyl groups is 1. The largest absolute Gasteiger partial charge is 0.507 e. The molecule has 3 N–H and O–H groups in total. The van der Waals surface area contributed by atoms with Crippen LogP contribution in [0.4, 0.5) is 5.82 Å². The zero-order valence-corrected chi connectivity index (χ0v) is 15.2. The number of hydrogen-bond donors (Lipinski definition) is 3. The minimum absolute atomic E-state index is 0.0482. The van der Waals surface area contributed by atoms with E-state index in [1.807, 2.05) is 26.0 Å². The summed E-state index contributed by atoms with van der Waals surface area (Å²) in [6, 6.07) is 7.17. The van der Waals surface area contributed by atoms with Crippen molar-refractivity contribution in [1.29, 1.82) is 0 Å². The molecule has 2 heterocycles. The number of phenols is 1. The van der Waals surface area contributed by atoms with Gasteiger partial charge in [0.05, 0.1) is 5.60 Å². The van der Waals surface area contributed by atoms with Crippen molar-refractivity contribution in [2.24, 2.45) is 0 Å². The van der Waals surface area contributed by atoms with E-state index in [1.54, 1.807) is 12.3 Å². The molecule has 26 heavy (non-hydrogen) atoms. The number of nitrogens with zero attached hydrogens (tertiary/aromatic N) is 3. The summed E-state index contributed by atoms with van der Waals surface area (Å²) in [5.74, 6) is 0.676. The maximum Gasteiger partial charge on any atom is 0.158 e. The van der Waals surface area contributed by atoms with Crippen molar-refractivity contribution in [1.82, 2.24) is 15.2 Å². The van der Waals surface area contributed by atoms with Crippen LogP contribution >= 0.6 is 11.6 Å². The second kappa shape index (κ2) is 6.07. The fourth-order valence-corrected chi connectivity index (χ4v) is 3.86. The van der Waals surface area contributed by atoms with Gasteiger partial charge in [-0.05, 0) is 56.5 Å². The van der Waals surface area contributed by atoms with Gasteiger partial charge in [-0.1, -0.05) is 11.6 Å². The van der Waals surface area contributed by atoms with E-state index in [0.717, 1.165) is 10.9 Å². The number of fused-ring (bicyclic) bond motifs is 1. The Morgan fingerprint density at radius 2 is 2.04 bits per heavy atom. The zero-order chi connectivity index (χ0) is 18.5. The van der Waals surface area contributed by atoms with Crippen molar-refractivity contribution in [3.05, 3.63) is 41.0 Å². The van der Waals surface area contributed by atoms with Crippen molar-refractivity contribution in [3.8, 4) is 17.0 Å². The van der Waals surface area contributed by atoms with Crippen molar-refractivity contribution in [2.75, 3.05) is 5.32 Å². The van der Waals surface area contributed by atoms with Gasteiger partial charge in [0, 0.05) is 28.2 Å². The quantitative estimate of drug-likeness (QED) is 0.651. The maximum absolute atomic E-state index is 10.4.